The molecule has 0 unspecified atom stereocenters. The van der Waals surface area contributed by atoms with Gasteiger partial charge in [-0.2, -0.15) is 0 Å². The number of amides is 2. The van der Waals surface area contributed by atoms with Crippen LogP contribution in [0, 0.1) is 5.82 Å². The number of carbonyl (C=O) groups is 2. The third-order valence-corrected chi connectivity index (χ3v) is 6.57. The first kappa shape index (κ1) is 25.9. The van der Waals surface area contributed by atoms with Crippen molar-refractivity contribution < 1.29 is 22.4 Å². The summed E-state index contributed by atoms with van der Waals surface area (Å²) >= 11 is 11.9. The van der Waals surface area contributed by atoms with E-state index in [1.165, 1.54) is 43.3 Å². The van der Waals surface area contributed by atoms with Crippen LogP contribution in [0.25, 0.3) is 0 Å². The molecule has 0 saturated heterocycles. The maximum absolute atomic E-state index is 14.3. The highest BCUT2D eigenvalue weighted by molar-refractivity contribution is 7.92. The van der Waals surface area contributed by atoms with Crippen LogP contribution in [-0.2, 0) is 26.2 Å². The van der Waals surface area contributed by atoms with Gasteiger partial charge >= 0.3 is 0 Å². The van der Waals surface area contributed by atoms with E-state index in [9.17, 15) is 22.4 Å². The van der Waals surface area contributed by atoms with Crippen LogP contribution in [-0.4, -0.2) is 50.5 Å². The predicted molar refractivity (Wildman–Crippen MR) is 124 cm³/mol. The van der Waals surface area contributed by atoms with Crippen molar-refractivity contribution in [1.82, 2.24) is 10.2 Å². The number of anilines is 1. The van der Waals surface area contributed by atoms with Gasteiger partial charge in [0.2, 0.25) is 21.8 Å². The van der Waals surface area contributed by atoms with Gasteiger partial charge in [0.25, 0.3) is 0 Å². The number of sulfonamides is 1. The van der Waals surface area contributed by atoms with Crippen molar-refractivity contribution in [3.05, 3.63) is 63.9 Å². The summed E-state index contributed by atoms with van der Waals surface area (Å²) in [5, 5.41) is 2.96. The minimum Gasteiger partial charge on any atom is -0.355 e. The predicted octanol–water partition coefficient (Wildman–Crippen LogP) is 3.45. The highest BCUT2D eigenvalue weighted by Crippen LogP contribution is 2.28. The van der Waals surface area contributed by atoms with Crippen LogP contribution >= 0.6 is 23.2 Å². The topological polar surface area (TPSA) is 86.8 Å². The Morgan fingerprint density at radius 3 is 2.34 bits per heavy atom. The smallest absolute Gasteiger partial charge is 0.244 e. The minimum absolute atomic E-state index is 0.115. The zero-order valence-electron chi connectivity index (χ0n) is 17.8. The molecule has 2 aromatic carbocycles. The molecule has 32 heavy (non-hydrogen) atoms. The first-order valence-electron chi connectivity index (χ1n) is 9.69. The van der Waals surface area contributed by atoms with Gasteiger partial charge in [-0.1, -0.05) is 41.4 Å². The van der Waals surface area contributed by atoms with E-state index in [4.69, 9.17) is 23.2 Å². The molecule has 1 N–H and O–H groups in total. The quantitative estimate of drug-likeness (QED) is 0.567. The monoisotopic (exact) mass is 503 g/mol. The first-order chi connectivity index (χ1) is 15.0. The second kappa shape index (κ2) is 11.0. The number of nitrogens with zero attached hydrogens (tertiary/aromatic N) is 2. The number of hydrogen-bond acceptors (Lipinski definition) is 4. The molecule has 11 heteroatoms. The second-order valence-electron chi connectivity index (χ2n) is 7.05. The van der Waals surface area contributed by atoms with Crippen LogP contribution < -0.4 is 9.62 Å². The molecule has 7 nitrogen and oxygen atoms in total. The second-order valence-corrected chi connectivity index (χ2v) is 9.77. The Morgan fingerprint density at radius 2 is 1.78 bits per heavy atom. The van der Waals surface area contributed by atoms with E-state index in [1.54, 1.807) is 13.0 Å². The Kier molecular flexibility index (Phi) is 8.89. The number of carbonyl (C=O) groups excluding carboxylic acids is 2. The highest BCUT2D eigenvalue weighted by Gasteiger charge is 2.30. The molecule has 0 aliphatic heterocycles. The summed E-state index contributed by atoms with van der Waals surface area (Å²) in [7, 11) is -3.90. The maximum Gasteiger partial charge on any atom is 0.244 e. The molecule has 1 atom stereocenters. The van der Waals surface area contributed by atoms with Crippen molar-refractivity contribution in [1.29, 1.82) is 0 Å². The molecule has 0 saturated carbocycles. The van der Waals surface area contributed by atoms with Crippen molar-refractivity contribution >= 4 is 50.7 Å². The third kappa shape index (κ3) is 6.57. The molecular formula is C21H24Cl2FN3O4S. The van der Waals surface area contributed by atoms with Crippen LogP contribution in [0.15, 0.2) is 42.5 Å². The molecule has 2 rings (SSSR count). The summed E-state index contributed by atoms with van der Waals surface area (Å²) in [5.41, 5.74) is 0.323. The zero-order chi connectivity index (χ0) is 24.1. The summed E-state index contributed by atoms with van der Waals surface area (Å²) in [4.78, 5) is 26.8. The molecule has 0 radical (unpaired) electrons. The zero-order valence-corrected chi connectivity index (χ0v) is 20.1. The van der Waals surface area contributed by atoms with Crippen molar-refractivity contribution in [3.8, 4) is 0 Å². The van der Waals surface area contributed by atoms with Gasteiger partial charge in [-0.05, 0) is 38.1 Å². The maximum atomic E-state index is 14.3. The van der Waals surface area contributed by atoms with Crippen molar-refractivity contribution in [3.63, 3.8) is 0 Å². The average Bonchev–Trinajstić information content (AvgIpc) is 2.72. The van der Waals surface area contributed by atoms with E-state index in [1.807, 2.05) is 0 Å². The molecule has 0 aliphatic carbocycles. The summed E-state index contributed by atoms with van der Waals surface area (Å²) in [6.07, 6.45) is 0.942. The van der Waals surface area contributed by atoms with Gasteiger partial charge < -0.3 is 10.2 Å². The van der Waals surface area contributed by atoms with Crippen LogP contribution in [0.1, 0.15) is 19.4 Å². The fourth-order valence-electron chi connectivity index (χ4n) is 2.97. The van der Waals surface area contributed by atoms with Gasteiger partial charge in [-0.15, -0.1) is 0 Å². The van der Waals surface area contributed by atoms with E-state index in [2.05, 4.69) is 5.32 Å². The molecular weight excluding hydrogens is 480 g/mol. The number of hydrogen-bond donors (Lipinski definition) is 1. The molecule has 174 valence electrons. The van der Waals surface area contributed by atoms with E-state index in [0.29, 0.717) is 6.54 Å². The molecule has 2 aromatic rings. The Labute approximate surface area is 197 Å². The standard InChI is InChI=1S/C21H24Cl2FN3O4S/c1-4-25-21(29)14(2)26(12-15-7-5-6-8-19(15)24)20(28)13-27(32(3,30)31)16-9-10-17(22)18(23)11-16/h5-11,14H,4,12-13H2,1-3H3,(H,25,29)/t14-/m1/s1. The van der Waals surface area contributed by atoms with E-state index >= 15 is 0 Å². The number of likely N-dealkylation sites (N-methyl/N-ethyl adjacent to an activating group) is 1. The normalized spacial score (nSPS) is 12.2. The summed E-state index contributed by atoms with van der Waals surface area (Å²) in [6, 6.07) is 9.03. The molecule has 0 fully saturated rings. The van der Waals surface area contributed by atoms with Crippen LogP contribution in [0.2, 0.25) is 10.0 Å². The lowest BCUT2D eigenvalue weighted by Crippen LogP contribution is -2.51. The Bertz CT molecular complexity index is 1100. The lowest BCUT2D eigenvalue weighted by molar-refractivity contribution is -0.139. The van der Waals surface area contributed by atoms with Gasteiger partial charge in [-0.3, -0.25) is 13.9 Å². The van der Waals surface area contributed by atoms with Crippen molar-refractivity contribution in [2.24, 2.45) is 0 Å². The van der Waals surface area contributed by atoms with Gasteiger partial charge in [0.05, 0.1) is 22.0 Å². The lowest BCUT2D eigenvalue weighted by Gasteiger charge is -2.31. The largest absolute Gasteiger partial charge is 0.355 e. The number of rotatable bonds is 9. The highest BCUT2D eigenvalue weighted by atomic mass is 35.5. The average molecular weight is 504 g/mol. The van der Waals surface area contributed by atoms with Gasteiger partial charge in [-0.25, -0.2) is 12.8 Å². The molecule has 0 heterocycles. The molecule has 0 aromatic heterocycles. The lowest BCUT2D eigenvalue weighted by atomic mass is 10.1. The Hall–Kier alpha value is -2.36. The molecule has 2 amide bonds. The van der Waals surface area contributed by atoms with Crippen LogP contribution in [0.4, 0.5) is 10.1 Å². The van der Waals surface area contributed by atoms with Crippen LogP contribution in [0.5, 0.6) is 0 Å². The number of benzene rings is 2. The SMILES string of the molecule is CCNC(=O)[C@@H](C)N(Cc1ccccc1F)C(=O)CN(c1ccc(Cl)c(Cl)c1)S(C)(=O)=O. The number of nitrogens with one attached hydrogen (secondary N) is 1. The summed E-state index contributed by atoms with van der Waals surface area (Å²) < 4.78 is 40.0. The van der Waals surface area contributed by atoms with E-state index in [0.717, 1.165) is 15.5 Å². The van der Waals surface area contributed by atoms with Gasteiger partial charge in [0, 0.05) is 18.7 Å². The Morgan fingerprint density at radius 1 is 1.12 bits per heavy atom. The summed E-state index contributed by atoms with van der Waals surface area (Å²) in [5.74, 6) is -1.68. The van der Waals surface area contributed by atoms with E-state index in [-0.39, 0.29) is 27.8 Å². The summed E-state index contributed by atoms with van der Waals surface area (Å²) in [6.45, 7) is 2.72. The van der Waals surface area contributed by atoms with Gasteiger partial charge in [0.1, 0.15) is 18.4 Å². The van der Waals surface area contributed by atoms with Gasteiger partial charge in [0.15, 0.2) is 0 Å². The molecule has 0 spiro atoms. The number of halogens is 3. The van der Waals surface area contributed by atoms with Crippen molar-refractivity contribution in [2.45, 2.75) is 26.4 Å². The Balaban J connectivity index is 2.42. The molecule has 0 aliphatic rings. The minimum atomic E-state index is -3.90. The fourth-order valence-corrected chi connectivity index (χ4v) is 4.10. The molecule has 0 bridgehead atoms. The fraction of sp³-hybridized carbons (Fsp3) is 0.333. The van der Waals surface area contributed by atoms with Crippen molar-refractivity contribution in [2.75, 3.05) is 23.7 Å². The van der Waals surface area contributed by atoms with Crippen LogP contribution in [0.3, 0.4) is 0 Å². The van der Waals surface area contributed by atoms with E-state index < -0.39 is 40.2 Å². The first-order valence-corrected chi connectivity index (χ1v) is 12.3. The third-order valence-electron chi connectivity index (χ3n) is 4.69.